The van der Waals surface area contributed by atoms with Crippen molar-refractivity contribution in [1.82, 2.24) is 15.1 Å². The summed E-state index contributed by atoms with van der Waals surface area (Å²) < 4.78 is 0. The van der Waals surface area contributed by atoms with Gasteiger partial charge >= 0.3 is 0 Å². The lowest BCUT2D eigenvalue weighted by molar-refractivity contribution is 0.0921. The molecule has 2 fully saturated rings. The van der Waals surface area contributed by atoms with Crippen molar-refractivity contribution in [1.29, 1.82) is 0 Å². The summed E-state index contributed by atoms with van der Waals surface area (Å²) in [6.45, 7) is 18.0. The van der Waals surface area contributed by atoms with E-state index in [0.29, 0.717) is 5.41 Å². The molecule has 1 saturated carbocycles. The molecule has 0 bridgehead atoms. The van der Waals surface area contributed by atoms with Crippen LogP contribution in [0.3, 0.4) is 0 Å². The largest absolute Gasteiger partial charge is 0.316 e. The van der Waals surface area contributed by atoms with E-state index in [1.54, 1.807) is 0 Å². The molecular weight excluding hydrogens is 234 g/mol. The van der Waals surface area contributed by atoms with Gasteiger partial charge in [0.05, 0.1) is 0 Å². The number of nitrogens with zero attached hydrogens (tertiary/aromatic N) is 2. The highest BCUT2D eigenvalue weighted by atomic mass is 15.3. The number of nitrogens with one attached hydrogen (secondary N) is 1. The number of piperazine rings is 1. The topological polar surface area (TPSA) is 18.5 Å². The molecule has 0 aromatic rings. The van der Waals surface area contributed by atoms with Crippen molar-refractivity contribution in [2.24, 2.45) is 11.3 Å². The third kappa shape index (κ3) is 5.41. The summed E-state index contributed by atoms with van der Waals surface area (Å²) in [5.74, 6) is 0.748. The highest BCUT2D eigenvalue weighted by Gasteiger charge is 2.32. The molecule has 0 radical (unpaired) electrons. The first-order valence-corrected chi connectivity index (χ1v) is 8.13. The van der Waals surface area contributed by atoms with Gasteiger partial charge in [0.15, 0.2) is 0 Å². The minimum Gasteiger partial charge on any atom is -0.316 e. The fraction of sp³-hybridized carbons (Fsp3) is 1.00. The molecule has 112 valence electrons. The first kappa shape index (κ1) is 15.3. The second-order valence-corrected chi connectivity index (χ2v) is 7.73. The van der Waals surface area contributed by atoms with Crippen LogP contribution in [-0.4, -0.2) is 61.7 Å². The van der Waals surface area contributed by atoms with Crippen LogP contribution in [-0.2, 0) is 0 Å². The summed E-state index contributed by atoms with van der Waals surface area (Å²) >= 11 is 0. The van der Waals surface area contributed by atoms with E-state index in [0.717, 1.165) is 25.0 Å². The summed E-state index contributed by atoms with van der Waals surface area (Å²) in [5, 5.41) is 3.61. The molecule has 1 N–H and O–H groups in total. The van der Waals surface area contributed by atoms with Crippen LogP contribution in [0.15, 0.2) is 0 Å². The summed E-state index contributed by atoms with van der Waals surface area (Å²) in [6, 6.07) is 0.947. The molecule has 1 heterocycles. The van der Waals surface area contributed by atoms with Gasteiger partial charge in [-0.25, -0.2) is 0 Å². The lowest BCUT2D eigenvalue weighted by Crippen LogP contribution is -2.51. The van der Waals surface area contributed by atoms with Crippen molar-refractivity contribution < 1.29 is 0 Å². The Bertz CT molecular complexity index is 263. The zero-order valence-corrected chi connectivity index (χ0v) is 13.4. The lowest BCUT2D eigenvalue weighted by Gasteiger charge is -2.39. The van der Waals surface area contributed by atoms with E-state index in [2.05, 4.69) is 42.8 Å². The predicted molar refractivity (Wildman–Crippen MR) is 82.5 cm³/mol. The summed E-state index contributed by atoms with van der Waals surface area (Å²) in [5.41, 5.74) is 0.386. The van der Waals surface area contributed by atoms with Gasteiger partial charge < -0.3 is 10.2 Å². The van der Waals surface area contributed by atoms with Gasteiger partial charge in [-0.3, -0.25) is 4.90 Å². The van der Waals surface area contributed by atoms with Crippen LogP contribution in [0.5, 0.6) is 0 Å². The molecular formula is C16H33N3. The summed E-state index contributed by atoms with van der Waals surface area (Å²) in [6.07, 6.45) is 2.90. The molecule has 2 aliphatic rings. The Morgan fingerprint density at radius 3 is 2.26 bits per heavy atom. The molecule has 1 aliphatic heterocycles. The average Bonchev–Trinajstić information content (AvgIpc) is 3.12. The third-order valence-corrected chi connectivity index (χ3v) is 4.28. The van der Waals surface area contributed by atoms with Crippen LogP contribution in [0, 0.1) is 11.3 Å². The maximum Gasteiger partial charge on any atom is 0.0113 e. The van der Waals surface area contributed by atoms with Gasteiger partial charge in [-0.1, -0.05) is 27.7 Å². The monoisotopic (exact) mass is 267 g/mol. The van der Waals surface area contributed by atoms with Crippen LogP contribution in [0.25, 0.3) is 0 Å². The fourth-order valence-corrected chi connectivity index (χ4v) is 3.09. The molecule has 0 aromatic heterocycles. The molecule has 3 heteroatoms. The molecule has 0 unspecified atom stereocenters. The Labute approximate surface area is 119 Å². The van der Waals surface area contributed by atoms with Gasteiger partial charge in [0.25, 0.3) is 0 Å². The van der Waals surface area contributed by atoms with Gasteiger partial charge in [0.2, 0.25) is 0 Å². The van der Waals surface area contributed by atoms with Gasteiger partial charge in [-0.15, -0.1) is 0 Å². The predicted octanol–water partition coefficient (Wildman–Crippen LogP) is 2.04. The average molecular weight is 267 g/mol. The first-order valence-electron chi connectivity index (χ1n) is 8.13. The smallest absolute Gasteiger partial charge is 0.0113 e. The molecule has 0 spiro atoms. The van der Waals surface area contributed by atoms with Crippen LogP contribution in [0.1, 0.15) is 40.5 Å². The van der Waals surface area contributed by atoms with Crippen molar-refractivity contribution in [3.8, 4) is 0 Å². The molecule has 2 rings (SSSR count). The van der Waals surface area contributed by atoms with Gasteiger partial charge in [0.1, 0.15) is 0 Å². The normalized spacial score (nSPS) is 23.2. The molecule has 1 aliphatic carbocycles. The quantitative estimate of drug-likeness (QED) is 0.761. The molecule has 19 heavy (non-hydrogen) atoms. The third-order valence-electron chi connectivity index (χ3n) is 4.28. The van der Waals surface area contributed by atoms with Crippen LogP contribution < -0.4 is 5.32 Å². The number of rotatable bonds is 7. The minimum atomic E-state index is 0.386. The van der Waals surface area contributed by atoms with E-state index >= 15 is 0 Å². The maximum atomic E-state index is 3.61. The summed E-state index contributed by atoms with van der Waals surface area (Å²) in [7, 11) is 0. The van der Waals surface area contributed by atoms with Gasteiger partial charge in [-0.05, 0) is 30.7 Å². The molecule has 0 aromatic carbocycles. The van der Waals surface area contributed by atoms with E-state index in [-0.39, 0.29) is 0 Å². The van der Waals surface area contributed by atoms with E-state index in [1.165, 1.54) is 45.6 Å². The van der Waals surface area contributed by atoms with Gasteiger partial charge in [0, 0.05) is 45.3 Å². The maximum absolute atomic E-state index is 3.61. The molecule has 1 saturated heterocycles. The van der Waals surface area contributed by atoms with Crippen molar-refractivity contribution in [3.05, 3.63) is 0 Å². The second-order valence-electron chi connectivity index (χ2n) is 7.73. The Kier molecular flexibility index (Phi) is 5.27. The SMILES string of the molecule is CC(C)CNCC(C)(C)CN1CCN(C2CC2)CC1. The Morgan fingerprint density at radius 2 is 1.74 bits per heavy atom. The molecule has 3 nitrogen and oxygen atoms in total. The van der Waals surface area contributed by atoms with E-state index < -0.39 is 0 Å². The van der Waals surface area contributed by atoms with Crippen LogP contribution in [0.4, 0.5) is 0 Å². The zero-order chi connectivity index (χ0) is 13.9. The minimum absolute atomic E-state index is 0.386. The highest BCUT2D eigenvalue weighted by molar-refractivity contribution is 4.88. The molecule has 0 atom stereocenters. The Balaban J connectivity index is 1.65. The van der Waals surface area contributed by atoms with E-state index in [4.69, 9.17) is 0 Å². The van der Waals surface area contributed by atoms with E-state index in [1.807, 2.05) is 0 Å². The lowest BCUT2D eigenvalue weighted by atomic mass is 9.92. The summed E-state index contributed by atoms with van der Waals surface area (Å²) in [4.78, 5) is 5.36. The Morgan fingerprint density at radius 1 is 1.11 bits per heavy atom. The van der Waals surface area contributed by atoms with Crippen molar-refractivity contribution in [2.75, 3.05) is 45.8 Å². The number of hydrogen-bond donors (Lipinski definition) is 1. The van der Waals surface area contributed by atoms with Crippen molar-refractivity contribution in [2.45, 2.75) is 46.6 Å². The first-order chi connectivity index (χ1) is 8.96. The van der Waals surface area contributed by atoms with Crippen molar-refractivity contribution >= 4 is 0 Å². The molecule has 0 amide bonds. The Hall–Kier alpha value is -0.120. The zero-order valence-electron chi connectivity index (χ0n) is 13.4. The van der Waals surface area contributed by atoms with Crippen LogP contribution >= 0.6 is 0 Å². The standard InChI is InChI=1S/C16H33N3/c1-14(2)11-17-12-16(3,4)13-18-7-9-19(10-8-18)15-5-6-15/h14-15,17H,5-13H2,1-4H3. The van der Waals surface area contributed by atoms with Gasteiger partial charge in [-0.2, -0.15) is 0 Å². The van der Waals surface area contributed by atoms with E-state index in [9.17, 15) is 0 Å². The fourth-order valence-electron chi connectivity index (χ4n) is 3.09. The van der Waals surface area contributed by atoms with Crippen LogP contribution in [0.2, 0.25) is 0 Å². The number of hydrogen-bond acceptors (Lipinski definition) is 3. The highest BCUT2D eigenvalue weighted by Crippen LogP contribution is 2.28. The van der Waals surface area contributed by atoms with Crippen molar-refractivity contribution in [3.63, 3.8) is 0 Å². The second kappa shape index (κ2) is 6.55.